The Bertz CT molecular complexity index is 590. The van der Waals surface area contributed by atoms with Crippen molar-refractivity contribution in [3.8, 4) is 5.75 Å². The number of ether oxygens (including phenoxy) is 2. The summed E-state index contributed by atoms with van der Waals surface area (Å²) in [5.41, 5.74) is 1.46. The van der Waals surface area contributed by atoms with Crippen LogP contribution in [0.3, 0.4) is 0 Å². The Kier molecular flexibility index (Phi) is 5.44. The number of nitrogens with one attached hydrogen (secondary N) is 1. The van der Waals surface area contributed by atoms with Crippen LogP contribution in [0.5, 0.6) is 5.75 Å². The van der Waals surface area contributed by atoms with Gasteiger partial charge >= 0.3 is 12.0 Å². The van der Waals surface area contributed by atoms with Crippen molar-refractivity contribution >= 4 is 17.7 Å². The number of hydrogen-bond donors (Lipinski definition) is 2. The van der Waals surface area contributed by atoms with Crippen LogP contribution in [-0.2, 0) is 9.53 Å². The van der Waals surface area contributed by atoms with Crippen LogP contribution in [0.15, 0.2) is 18.2 Å². The maximum atomic E-state index is 12.2. The summed E-state index contributed by atoms with van der Waals surface area (Å²) in [4.78, 5) is 24.5. The van der Waals surface area contributed by atoms with Gasteiger partial charge in [0.15, 0.2) is 0 Å². The van der Waals surface area contributed by atoms with E-state index in [1.54, 1.807) is 27.1 Å². The predicted molar refractivity (Wildman–Crippen MR) is 84.8 cm³/mol. The van der Waals surface area contributed by atoms with Crippen LogP contribution in [0.1, 0.15) is 25.0 Å². The molecule has 0 aromatic heterocycles. The fourth-order valence-corrected chi connectivity index (χ4v) is 2.52. The van der Waals surface area contributed by atoms with Crippen molar-refractivity contribution in [2.75, 3.05) is 32.6 Å². The van der Waals surface area contributed by atoms with E-state index in [1.807, 2.05) is 12.1 Å². The molecule has 23 heavy (non-hydrogen) atoms. The molecule has 0 radical (unpaired) electrons. The summed E-state index contributed by atoms with van der Waals surface area (Å²) in [7, 11) is 3.20. The van der Waals surface area contributed by atoms with Crippen LogP contribution in [0.25, 0.3) is 0 Å². The molecule has 0 aliphatic carbocycles. The smallest absolute Gasteiger partial charge is 0.321 e. The molecule has 1 aromatic carbocycles. The highest BCUT2D eigenvalue weighted by molar-refractivity contribution is 5.91. The minimum absolute atomic E-state index is 0.0552. The van der Waals surface area contributed by atoms with E-state index < -0.39 is 11.9 Å². The topological polar surface area (TPSA) is 88.1 Å². The third kappa shape index (κ3) is 3.92. The molecule has 2 amide bonds. The Labute approximate surface area is 135 Å². The molecule has 1 aliphatic rings. The first-order valence-corrected chi connectivity index (χ1v) is 7.47. The maximum absolute atomic E-state index is 12.2. The summed E-state index contributed by atoms with van der Waals surface area (Å²) in [5.74, 6) is -0.962. The molecule has 2 atom stereocenters. The number of rotatable bonds is 5. The molecule has 2 rings (SSSR count). The fraction of sp³-hybridized carbons (Fsp3) is 0.500. The van der Waals surface area contributed by atoms with Gasteiger partial charge in [-0.25, -0.2) is 4.79 Å². The summed E-state index contributed by atoms with van der Waals surface area (Å²) in [6.07, 6.45) is 0.706. The standard InChI is InChI=1S/C16H22N2O5/c1-10(15(19)20)9-18(2)16(21)17-12-6-4-5-11-13(22-3)7-8-23-14(11)12/h4-6,10,13H,7-9H2,1-3H3,(H,17,21)(H,19,20). The fourth-order valence-electron chi connectivity index (χ4n) is 2.52. The van der Waals surface area contributed by atoms with Gasteiger partial charge < -0.3 is 24.8 Å². The SMILES string of the molecule is COC1CCOc2c(NC(=O)N(C)CC(C)C(=O)O)cccc21. The van der Waals surface area contributed by atoms with Gasteiger partial charge in [-0.3, -0.25) is 4.79 Å². The van der Waals surface area contributed by atoms with E-state index in [1.165, 1.54) is 4.90 Å². The number of anilines is 1. The number of aliphatic carboxylic acids is 1. The third-order valence-electron chi connectivity index (χ3n) is 3.86. The zero-order chi connectivity index (χ0) is 17.0. The van der Waals surface area contributed by atoms with Crippen LogP contribution >= 0.6 is 0 Å². The molecule has 0 saturated carbocycles. The van der Waals surface area contributed by atoms with Crippen LogP contribution in [0.2, 0.25) is 0 Å². The van der Waals surface area contributed by atoms with Gasteiger partial charge in [-0.15, -0.1) is 0 Å². The maximum Gasteiger partial charge on any atom is 0.321 e. The third-order valence-corrected chi connectivity index (χ3v) is 3.86. The number of carbonyl (C=O) groups is 2. The van der Waals surface area contributed by atoms with E-state index in [4.69, 9.17) is 14.6 Å². The Hall–Kier alpha value is -2.28. The van der Waals surface area contributed by atoms with E-state index >= 15 is 0 Å². The van der Waals surface area contributed by atoms with Crippen LogP contribution < -0.4 is 10.1 Å². The quantitative estimate of drug-likeness (QED) is 0.868. The second-order valence-electron chi connectivity index (χ2n) is 5.64. The van der Waals surface area contributed by atoms with Gasteiger partial charge in [0.1, 0.15) is 5.75 Å². The number of benzene rings is 1. The number of para-hydroxylation sites is 1. The number of urea groups is 1. The second kappa shape index (κ2) is 7.32. The van der Waals surface area contributed by atoms with Gasteiger partial charge in [0, 0.05) is 32.7 Å². The molecule has 1 aromatic rings. The summed E-state index contributed by atoms with van der Waals surface area (Å²) in [5, 5.41) is 11.7. The predicted octanol–water partition coefficient (Wildman–Crippen LogP) is 2.34. The molecule has 0 fully saturated rings. The highest BCUT2D eigenvalue weighted by Crippen LogP contribution is 2.39. The summed E-state index contributed by atoms with van der Waals surface area (Å²) in [6.45, 7) is 2.20. The molecular formula is C16H22N2O5. The summed E-state index contributed by atoms with van der Waals surface area (Å²) in [6, 6.07) is 5.11. The van der Waals surface area contributed by atoms with Gasteiger partial charge in [0.05, 0.1) is 24.3 Å². The number of nitrogens with zero attached hydrogens (tertiary/aromatic N) is 1. The number of amides is 2. The normalized spacial score (nSPS) is 17.6. The molecule has 7 heteroatoms. The van der Waals surface area contributed by atoms with Crippen molar-refractivity contribution in [2.45, 2.75) is 19.4 Å². The van der Waals surface area contributed by atoms with E-state index in [2.05, 4.69) is 5.32 Å². The first kappa shape index (κ1) is 17.1. The molecule has 7 nitrogen and oxygen atoms in total. The van der Waals surface area contributed by atoms with Gasteiger partial charge in [0.2, 0.25) is 0 Å². The average molecular weight is 322 g/mol. The van der Waals surface area contributed by atoms with Crippen molar-refractivity contribution in [1.29, 1.82) is 0 Å². The van der Waals surface area contributed by atoms with Gasteiger partial charge in [0.25, 0.3) is 0 Å². The lowest BCUT2D eigenvalue weighted by atomic mass is 10.0. The molecule has 2 unspecified atom stereocenters. The van der Waals surface area contributed by atoms with Crippen molar-refractivity contribution in [1.82, 2.24) is 4.90 Å². The molecule has 0 saturated heterocycles. The van der Waals surface area contributed by atoms with Crippen LogP contribution in [-0.4, -0.2) is 49.3 Å². The molecule has 126 valence electrons. The summed E-state index contributed by atoms with van der Waals surface area (Å²) >= 11 is 0. The highest BCUT2D eigenvalue weighted by atomic mass is 16.5. The number of carboxylic acid groups (broad SMARTS) is 1. The lowest BCUT2D eigenvalue weighted by Crippen LogP contribution is -2.36. The average Bonchev–Trinajstić information content (AvgIpc) is 2.54. The molecule has 2 N–H and O–H groups in total. The van der Waals surface area contributed by atoms with Gasteiger partial charge in [-0.05, 0) is 6.07 Å². The van der Waals surface area contributed by atoms with Gasteiger partial charge in [-0.1, -0.05) is 19.1 Å². The van der Waals surface area contributed by atoms with E-state index in [0.717, 1.165) is 12.0 Å². The molecule has 1 heterocycles. The molecular weight excluding hydrogens is 300 g/mol. The van der Waals surface area contributed by atoms with Crippen molar-refractivity contribution in [2.24, 2.45) is 5.92 Å². The number of methoxy groups -OCH3 is 1. The number of fused-ring (bicyclic) bond motifs is 1. The van der Waals surface area contributed by atoms with Crippen molar-refractivity contribution in [3.05, 3.63) is 23.8 Å². The minimum atomic E-state index is -0.937. The lowest BCUT2D eigenvalue weighted by Gasteiger charge is -2.27. The summed E-state index contributed by atoms with van der Waals surface area (Å²) < 4.78 is 11.1. The molecule has 0 spiro atoms. The highest BCUT2D eigenvalue weighted by Gasteiger charge is 2.25. The zero-order valence-corrected chi connectivity index (χ0v) is 13.5. The number of hydrogen-bond acceptors (Lipinski definition) is 4. The van der Waals surface area contributed by atoms with Crippen LogP contribution in [0.4, 0.5) is 10.5 Å². The molecule has 0 bridgehead atoms. The number of carbonyl (C=O) groups excluding carboxylic acids is 1. The lowest BCUT2D eigenvalue weighted by molar-refractivity contribution is -0.141. The Morgan fingerprint density at radius 1 is 1.52 bits per heavy atom. The largest absolute Gasteiger partial charge is 0.491 e. The Morgan fingerprint density at radius 3 is 2.91 bits per heavy atom. The van der Waals surface area contributed by atoms with Crippen molar-refractivity contribution < 1.29 is 24.2 Å². The Balaban J connectivity index is 2.11. The monoisotopic (exact) mass is 322 g/mol. The minimum Gasteiger partial charge on any atom is -0.491 e. The number of carboxylic acids is 1. The van der Waals surface area contributed by atoms with Gasteiger partial charge in [-0.2, -0.15) is 0 Å². The first-order valence-electron chi connectivity index (χ1n) is 7.47. The van der Waals surface area contributed by atoms with E-state index in [-0.39, 0.29) is 18.7 Å². The van der Waals surface area contributed by atoms with E-state index in [9.17, 15) is 9.59 Å². The first-order chi connectivity index (χ1) is 10.9. The zero-order valence-electron chi connectivity index (χ0n) is 13.5. The van der Waals surface area contributed by atoms with E-state index in [0.29, 0.717) is 18.0 Å². The van der Waals surface area contributed by atoms with Crippen LogP contribution in [0, 0.1) is 5.92 Å². The Morgan fingerprint density at radius 2 is 2.26 bits per heavy atom. The van der Waals surface area contributed by atoms with Crippen molar-refractivity contribution in [3.63, 3.8) is 0 Å². The second-order valence-corrected chi connectivity index (χ2v) is 5.64. The molecule has 1 aliphatic heterocycles.